The minimum absolute atomic E-state index is 0.228. The van der Waals surface area contributed by atoms with Crippen molar-refractivity contribution in [1.82, 2.24) is 5.32 Å². The van der Waals surface area contributed by atoms with Crippen LogP contribution in [0.15, 0.2) is 4.99 Å². The molecule has 1 amide bonds. The maximum Gasteiger partial charge on any atom is 0.413 e. The number of nitrogens with zero attached hydrogens (tertiary/aromatic N) is 1. The van der Waals surface area contributed by atoms with Gasteiger partial charge in [0, 0.05) is 5.75 Å². The second-order valence-electron chi connectivity index (χ2n) is 1.99. The molecule has 1 N–H and O–H groups in total. The first-order chi connectivity index (χ1) is 5.83. The number of aliphatic imine (C=N–C) groups is 1. The number of thioether (sulfide) groups is 1. The number of nitrogens with one attached hydrogen (secondary N) is 1. The number of carbonyl (C=O) groups is 1. The molecule has 6 heteroatoms. The smallest absolute Gasteiger partial charge is 0.413 e. The highest BCUT2D eigenvalue weighted by atomic mass is 35.5. The summed E-state index contributed by atoms with van der Waals surface area (Å²) in [5.41, 5.74) is 0. The van der Waals surface area contributed by atoms with Gasteiger partial charge in [0.25, 0.3) is 0 Å². The number of carbonyl (C=O) groups excluding carboxylic acids is 1. The average Bonchev–Trinajstić information content (AvgIpc) is 2.53. The SMILES string of the molecule is O=C(NC1=NCCS1)OCCCl. The molecule has 0 aromatic carbocycles. The van der Waals surface area contributed by atoms with E-state index in [0.717, 1.165) is 12.3 Å². The number of rotatable bonds is 2. The second-order valence-corrected chi connectivity index (χ2v) is 3.45. The molecule has 0 aliphatic carbocycles. The third-order valence-corrected chi connectivity index (χ3v) is 2.15. The van der Waals surface area contributed by atoms with Crippen molar-refractivity contribution in [1.29, 1.82) is 0 Å². The molecule has 1 rings (SSSR count). The highest BCUT2D eigenvalue weighted by Crippen LogP contribution is 2.08. The molecule has 1 heterocycles. The highest BCUT2D eigenvalue weighted by molar-refractivity contribution is 8.14. The van der Waals surface area contributed by atoms with Crippen LogP contribution in [0.5, 0.6) is 0 Å². The van der Waals surface area contributed by atoms with E-state index in [4.69, 9.17) is 11.6 Å². The van der Waals surface area contributed by atoms with Gasteiger partial charge in [-0.15, -0.1) is 11.6 Å². The molecule has 12 heavy (non-hydrogen) atoms. The Bertz CT molecular complexity index is 198. The molecule has 0 unspecified atom stereocenters. The van der Waals surface area contributed by atoms with Crippen molar-refractivity contribution in [2.75, 3.05) is 24.8 Å². The third kappa shape index (κ3) is 3.32. The van der Waals surface area contributed by atoms with Crippen LogP contribution >= 0.6 is 23.4 Å². The molecule has 0 fully saturated rings. The number of amidine groups is 1. The lowest BCUT2D eigenvalue weighted by atomic mass is 10.8. The maximum absolute atomic E-state index is 10.9. The zero-order chi connectivity index (χ0) is 8.81. The van der Waals surface area contributed by atoms with Gasteiger partial charge in [-0.2, -0.15) is 0 Å². The van der Waals surface area contributed by atoms with Crippen LogP contribution in [-0.4, -0.2) is 36.0 Å². The van der Waals surface area contributed by atoms with Crippen molar-refractivity contribution < 1.29 is 9.53 Å². The van der Waals surface area contributed by atoms with Crippen molar-refractivity contribution in [3.63, 3.8) is 0 Å². The Hall–Kier alpha value is -0.420. The molecule has 4 nitrogen and oxygen atoms in total. The Kier molecular flexibility index (Phi) is 4.24. The summed E-state index contributed by atoms with van der Waals surface area (Å²) in [6, 6.07) is 0. The van der Waals surface area contributed by atoms with Gasteiger partial charge in [-0.25, -0.2) is 4.79 Å². The van der Waals surface area contributed by atoms with Gasteiger partial charge < -0.3 is 4.74 Å². The Morgan fingerprint density at radius 1 is 1.83 bits per heavy atom. The molecule has 1 aliphatic heterocycles. The highest BCUT2D eigenvalue weighted by Gasteiger charge is 2.10. The first kappa shape index (κ1) is 9.67. The first-order valence-electron chi connectivity index (χ1n) is 3.50. The van der Waals surface area contributed by atoms with Gasteiger partial charge in [-0.05, 0) is 0 Å². The standard InChI is InChI=1S/C6H9ClN2O2S/c7-1-3-11-6(10)9-5-8-2-4-12-5/h1-4H2,(H,8,9,10). The number of amides is 1. The topological polar surface area (TPSA) is 50.7 Å². The molecule has 0 radical (unpaired) electrons. The largest absolute Gasteiger partial charge is 0.448 e. The van der Waals surface area contributed by atoms with Crippen LogP contribution in [0.25, 0.3) is 0 Å². The number of alkyl carbamates (subject to hydrolysis) is 1. The fraction of sp³-hybridized carbons (Fsp3) is 0.667. The predicted octanol–water partition coefficient (Wildman–Crippen LogP) is 1.05. The summed E-state index contributed by atoms with van der Waals surface area (Å²) >= 11 is 6.83. The number of hydrogen-bond acceptors (Lipinski definition) is 4. The first-order valence-corrected chi connectivity index (χ1v) is 5.02. The van der Waals surface area contributed by atoms with Crippen LogP contribution in [0.2, 0.25) is 0 Å². The van der Waals surface area contributed by atoms with Crippen molar-refractivity contribution in [3.05, 3.63) is 0 Å². The quantitative estimate of drug-likeness (QED) is 0.691. The molecule has 0 saturated carbocycles. The summed E-state index contributed by atoms with van der Waals surface area (Å²) in [6.07, 6.45) is -0.483. The molecule has 68 valence electrons. The Labute approximate surface area is 79.7 Å². The van der Waals surface area contributed by atoms with Gasteiger partial charge >= 0.3 is 6.09 Å². The van der Waals surface area contributed by atoms with E-state index in [1.54, 1.807) is 0 Å². The van der Waals surface area contributed by atoms with Gasteiger partial charge in [0.05, 0.1) is 12.4 Å². The number of hydrogen-bond donors (Lipinski definition) is 1. The molecule has 0 bridgehead atoms. The van der Waals surface area contributed by atoms with Crippen LogP contribution < -0.4 is 5.32 Å². The molecule has 0 aromatic heterocycles. The lowest BCUT2D eigenvalue weighted by Crippen LogP contribution is -2.28. The lowest BCUT2D eigenvalue weighted by molar-refractivity contribution is 0.159. The number of halogens is 1. The van der Waals surface area contributed by atoms with Crippen LogP contribution in [-0.2, 0) is 4.74 Å². The predicted molar refractivity (Wildman–Crippen MR) is 50.0 cm³/mol. The molecule has 0 spiro atoms. The minimum Gasteiger partial charge on any atom is -0.448 e. The summed E-state index contributed by atoms with van der Waals surface area (Å²) in [7, 11) is 0. The van der Waals surface area contributed by atoms with Gasteiger partial charge in [0.15, 0.2) is 5.17 Å². The van der Waals surface area contributed by atoms with Crippen LogP contribution in [0.1, 0.15) is 0 Å². The Morgan fingerprint density at radius 3 is 3.25 bits per heavy atom. The summed E-state index contributed by atoms with van der Waals surface area (Å²) in [5, 5.41) is 3.14. The van der Waals surface area contributed by atoms with Gasteiger partial charge in [0.1, 0.15) is 6.61 Å². The second kappa shape index (κ2) is 5.27. The summed E-state index contributed by atoms with van der Waals surface area (Å²) in [5.74, 6) is 1.23. The average molecular weight is 209 g/mol. The molecule has 0 saturated heterocycles. The lowest BCUT2D eigenvalue weighted by Gasteiger charge is -2.03. The van der Waals surface area contributed by atoms with E-state index in [-0.39, 0.29) is 6.61 Å². The van der Waals surface area contributed by atoms with Crippen LogP contribution in [0, 0.1) is 0 Å². The summed E-state index contributed by atoms with van der Waals surface area (Å²) in [4.78, 5) is 14.9. The van der Waals surface area contributed by atoms with Crippen LogP contribution in [0.4, 0.5) is 4.79 Å². The van der Waals surface area contributed by atoms with Gasteiger partial charge in [0.2, 0.25) is 0 Å². The molecule has 0 aromatic rings. The van der Waals surface area contributed by atoms with Crippen LogP contribution in [0.3, 0.4) is 0 Å². The fourth-order valence-corrected chi connectivity index (χ4v) is 1.46. The zero-order valence-corrected chi connectivity index (χ0v) is 7.95. The maximum atomic E-state index is 10.9. The monoisotopic (exact) mass is 208 g/mol. The molecular weight excluding hydrogens is 200 g/mol. The van der Waals surface area contributed by atoms with E-state index in [1.165, 1.54) is 11.8 Å². The van der Waals surface area contributed by atoms with Gasteiger partial charge in [-0.1, -0.05) is 11.8 Å². The minimum atomic E-state index is -0.483. The van der Waals surface area contributed by atoms with Gasteiger partial charge in [-0.3, -0.25) is 10.3 Å². The fourth-order valence-electron chi connectivity index (χ4n) is 0.665. The van der Waals surface area contributed by atoms with Crippen molar-refractivity contribution in [2.45, 2.75) is 0 Å². The third-order valence-electron chi connectivity index (χ3n) is 1.10. The Morgan fingerprint density at radius 2 is 2.67 bits per heavy atom. The molecule has 1 aliphatic rings. The van der Waals surface area contributed by atoms with E-state index < -0.39 is 6.09 Å². The zero-order valence-electron chi connectivity index (χ0n) is 6.38. The van der Waals surface area contributed by atoms with E-state index >= 15 is 0 Å². The normalized spacial score (nSPS) is 15.6. The number of ether oxygens (including phenoxy) is 1. The van der Waals surface area contributed by atoms with Crippen molar-refractivity contribution >= 4 is 34.6 Å². The summed E-state index contributed by atoms with van der Waals surface area (Å²) < 4.78 is 4.68. The van der Waals surface area contributed by atoms with E-state index in [2.05, 4.69) is 15.0 Å². The van der Waals surface area contributed by atoms with E-state index in [9.17, 15) is 4.79 Å². The van der Waals surface area contributed by atoms with Crippen molar-refractivity contribution in [2.24, 2.45) is 4.99 Å². The van der Waals surface area contributed by atoms with E-state index in [1.807, 2.05) is 0 Å². The molecular formula is C6H9ClN2O2S. The summed E-state index contributed by atoms with van der Waals surface area (Å²) in [6.45, 7) is 0.987. The van der Waals surface area contributed by atoms with E-state index in [0.29, 0.717) is 11.0 Å². The van der Waals surface area contributed by atoms with Crippen molar-refractivity contribution in [3.8, 4) is 0 Å². The number of alkyl halides is 1. The Balaban J connectivity index is 2.17. The molecule has 0 atom stereocenters.